The van der Waals surface area contributed by atoms with Crippen molar-refractivity contribution in [3.05, 3.63) is 82.9 Å². The van der Waals surface area contributed by atoms with Gasteiger partial charge in [0.1, 0.15) is 16.8 Å². The summed E-state index contributed by atoms with van der Waals surface area (Å²) >= 11 is 0. The molecule has 184 valence electrons. The molecule has 8 heteroatoms. The number of benzene rings is 3. The van der Waals surface area contributed by atoms with Gasteiger partial charge in [-0.15, -0.1) is 5.10 Å². The first-order valence-corrected chi connectivity index (χ1v) is 13.1. The van der Waals surface area contributed by atoms with Gasteiger partial charge in [-0.05, 0) is 59.4 Å². The molecule has 4 aromatic rings. The maximum atomic E-state index is 13.1. The third kappa shape index (κ3) is 4.81. The van der Waals surface area contributed by atoms with Crippen molar-refractivity contribution in [3.8, 4) is 5.75 Å². The molecule has 0 amide bonds. The Labute approximate surface area is 207 Å². The van der Waals surface area contributed by atoms with E-state index in [1.54, 1.807) is 43.1 Å². The molecule has 1 aromatic heterocycles. The molecule has 0 saturated heterocycles. The van der Waals surface area contributed by atoms with Gasteiger partial charge in [0.2, 0.25) is 10.0 Å². The summed E-state index contributed by atoms with van der Waals surface area (Å²) in [7, 11) is 1.55. The Morgan fingerprint density at radius 3 is 2.40 bits per heavy atom. The van der Waals surface area contributed by atoms with E-state index in [4.69, 9.17) is 4.74 Å². The molecule has 1 atom stereocenters. The molecule has 7 nitrogen and oxygen atoms in total. The zero-order valence-corrected chi connectivity index (χ0v) is 21.9. The van der Waals surface area contributed by atoms with Crippen molar-refractivity contribution in [2.45, 2.75) is 38.1 Å². The van der Waals surface area contributed by atoms with Crippen LogP contribution in [0.5, 0.6) is 5.75 Å². The highest BCUT2D eigenvalue weighted by molar-refractivity contribution is 7.89. The van der Waals surface area contributed by atoms with Crippen molar-refractivity contribution < 1.29 is 13.2 Å². The molecule has 0 aliphatic rings. The molecule has 0 fully saturated rings. The quantitative estimate of drug-likeness (QED) is 0.350. The topological polar surface area (TPSA) is 77.3 Å². The Bertz CT molecular complexity index is 1450. The number of hydrogen-bond donors (Lipinski definition) is 0. The third-order valence-electron chi connectivity index (χ3n) is 6.51. The maximum Gasteiger partial charge on any atom is 0.243 e. The molecular weight excluding hydrogens is 460 g/mol. The highest BCUT2D eigenvalue weighted by Crippen LogP contribution is 2.37. The molecule has 0 N–H and O–H groups in total. The first-order valence-electron chi connectivity index (χ1n) is 11.6. The second kappa shape index (κ2) is 9.79. The van der Waals surface area contributed by atoms with Gasteiger partial charge in [-0.1, -0.05) is 55.5 Å². The van der Waals surface area contributed by atoms with Crippen LogP contribution >= 0.6 is 0 Å². The largest absolute Gasteiger partial charge is 0.494 e. The molecule has 0 spiro atoms. The van der Waals surface area contributed by atoms with E-state index in [9.17, 15) is 8.42 Å². The Hall–Kier alpha value is -3.23. The van der Waals surface area contributed by atoms with Crippen LogP contribution in [0.4, 0.5) is 0 Å². The number of rotatable bonds is 8. The molecule has 0 radical (unpaired) electrons. The molecule has 0 aliphatic carbocycles. The summed E-state index contributed by atoms with van der Waals surface area (Å²) in [6, 6.07) is 19.0. The van der Waals surface area contributed by atoms with E-state index in [0.717, 1.165) is 39.0 Å². The summed E-state index contributed by atoms with van der Waals surface area (Å²) in [6.07, 6.45) is 0. The Kier molecular flexibility index (Phi) is 6.96. The second-order valence-corrected chi connectivity index (χ2v) is 11.3. The Balaban J connectivity index is 1.73. The van der Waals surface area contributed by atoms with Gasteiger partial charge in [0.15, 0.2) is 0 Å². The number of methoxy groups -OCH3 is 1. The minimum atomic E-state index is -3.59. The van der Waals surface area contributed by atoms with Gasteiger partial charge < -0.3 is 4.74 Å². The van der Waals surface area contributed by atoms with Crippen LogP contribution < -0.4 is 4.74 Å². The van der Waals surface area contributed by atoms with Crippen LogP contribution in [0, 0.1) is 12.8 Å². The van der Waals surface area contributed by atoms with Crippen LogP contribution in [-0.4, -0.2) is 41.9 Å². The lowest BCUT2D eigenvalue weighted by Crippen LogP contribution is -2.27. The lowest BCUT2D eigenvalue weighted by atomic mass is 9.81. The standard InChI is InChI=1S/C27H32N4O3S/c1-18(2)26(21-15-24-27(25(16-21)34-6)31(5)29-28-24)20-13-12-19(3)22(14-20)17-30(4)35(32,33)23-10-8-7-9-11-23/h7-16,18,26H,17H2,1-6H3. The predicted molar refractivity (Wildman–Crippen MR) is 138 cm³/mol. The first-order chi connectivity index (χ1) is 16.6. The van der Waals surface area contributed by atoms with Crippen molar-refractivity contribution in [3.63, 3.8) is 0 Å². The summed E-state index contributed by atoms with van der Waals surface area (Å²) < 4.78 is 35.0. The number of aryl methyl sites for hydroxylation is 2. The number of fused-ring (bicyclic) bond motifs is 1. The molecule has 1 unspecified atom stereocenters. The van der Waals surface area contributed by atoms with Crippen molar-refractivity contribution >= 4 is 21.1 Å². The average molecular weight is 493 g/mol. The SMILES string of the molecule is COc1cc(C(c2ccc(C)c(CN(C)S(=O)(=O)c3ccccc3)c2)C(C)C)cc2nnn(C)c12. The van der Waals surface area contributed by atoms with Crippen LogP contribution in [0.25, 0.3) is 11.0 Å². The number of hydrogen-bond acceptors (Lipinski definition) is 5. The first kappa shape index (κ1) is 24.9. The number of aromatic nitrogens is 3. The fourth-order valence-corrected chi connectivity index (χ4v) is 5.80. The third-order valence-corrected chi connectivity index (χ3v) is 8.33. The van der Waals surface area contributed by atoms with Crippen LogP contribution in [0.3, 0.4) is 0 Å². The van der Waals surface area contributed by atoms with Gasteiger partial charge in [-0.25, -0.2) is 13.1 Å². The predicted octanol–water partition coefficient (Wildman–Crippen LogP) is 4.89. The lowest BCUT2D eigenvalue weighted by Gasteiger charge is -2.25. The fraction of sp³-hybridized carbons (Fsp3) is 0.333. The van der Waals surface area contributed by atoms with Crippen molar-refractivity contribution in [1.82, 2.24) is 19.3 Å². The van der Waals surface area contributed by atoms with Gasteiger partial charge >= 0.3 is 0 Å². The molecule has 0 saturated carbocycles. The van der Waals surface area contributed by atoms with E-state index in [2.05, 4.69) is 54.5 Å². The summed E-state index contributed by atoms with van der Waals surface area (Å²) in [6.45, 7) is 6.67. The summed E-state index contributed by atoms with van der Waals surface area (Å²) in [5.74, 6) is 1.09. The van der Waals surface area contributed by atoms with Gasteiger partial charge in [0.25, 0.3) is 0 Å². The van der Waals surface area contributed by atoms with Crippen LogP contribution in [-0.2, 0) is 23.6 Å². The van der Waals surface area contributed by atoms with Gasteiger partial charge in [0, 0.05) is 26.6 Å². The molecule has 0 bridgehead atoms. The second-order valence-electron chi connectivity index (χ2n) is 9.29. The van der Waals surface area contributed by atoms with Gasteiger partial charge in [0.05, 0.1) is 12.0 Å². The van der Waals surface area contributed by atoms with Crippen LogP contribution in [0.2, 0.25) is 0 Å². The van der Waals surface area contributed by atoms with E-state index in [0.29, 0.717) is 4.90 Å². The monoisotopic (exact) mass is 492 g/mol. The summed E-state index contributed by atoms with van der Waals surface area (Å²) in [5.41, 5.74) is 5.88. The van der Waals surface area contributed by atoms with Crippen molar-refractivity contribution in [2.75, 3.05) is 14.2 Å². The fourth-order valence-electron chi connectivity index (χ4n) is 4.63. The van der Waals surface area contributed by atoms with Crippen molar-refractivity contribution in [2.24, 2.45) is 13.0 Å². The zero-order chi connectivity index (χ0) is 25.3. The number of nitrogens with zero attached hydrogens (tertiary/aromatic N) is 4. The average Bonchev–Trinajstić information content (AvgIpc) is 3.21. The zero-order valence-electron chi connectivity index (χ0n) is 21.1. The molecular formula is C27H32N4O3S. The summed E-state index contributed by atoms with van der Waals surface area (Å²) in [5, 5.41) is 8.46. The highest BCUT2D eigenvalue weighted by Gasteiger charge is 2.24. The molecule has 4 rings (SSSR count). The highest BCUT2D eigenvalue weighted by atomic mass is 32.2. The van der Waals surface area contributed by atoms with Gasteiger partial charge in [-0.2, -0.15) is 4.31 Å². The van der Waals surface area contributed by atoms with Gasteiger partial charge in [-0.3, -0.25) is 0 Å². The molecule has 0 aliphatic heterocycles. The molecule has 3 aromatic carbocycles. The molecule has 35 heavy (non-hydrogen) atoms. The minimum Gasteiger partial charge on any atom is -0.494 e. The van der Waals surface area contributed by atoms with E-state index in [1.165, 1.54) is 4.31 Å². The Morgan fingerprint density at radius 1 is 1.03 bits per heavy atom. The Morgan fingerprint density at radius 2 is 1.74 bits per heavy atom. The van der Waals surface area contributed by atoms with Crippen LogP contribution in [0.1, 0.15) is 42.0 Å². The van der Waals surface area contributed by atoms with E-state index in [1.807, 2.05) is 20.0 Å². The van der Waals surface area contributed by atoms with Crippen molar-refractivity contribution in [1.29, 1.82) is 0 Å². The van der Waals surface area contributed by atoms with Crippen LogP contribution in [0.15, 0.2) is 65.6 Å². The molecule has 1 heterocycles. The van der Waals surface area contributed by atoms with E-state index < -0.39 is 10.0 Å². The number of ether oxygens (including phenoxy) is 1. The van der Waals surface area contributed by atoms with E-state index >= 15 is 0 Å². The summed E-state index contributed by atoms with van der Waals surface area (Å²) in [4.78, 5) is 0.292. The normalized spacial score (nSPS) is 13.0. The maximum absolute atomic E-state index is 13.1. The lowest BCUT2D eigenvalue weighted by molar-refractivity contribution is 0.416. The minimum absolute atomic E-state index is 0.0747. The smallest absolute Gasteiger partial charge is 0.243 e. The van der Waals surface area contributed by atoms with E-state index in [-0.39, 0.29) is 18.4 Å². The number of sulfonamides is 1.